The number of carbonyl (C=O) groups is 1. The van der Waals surface area contributed by atoms with E-state index in [1.54, 1.807) is 16.9 Å². The minimum atomic E-state index is -0.471. The van der Waals surface area contributed by atoms with Crippen LogP contribution in [0.2, 0.25) is 0 Å². The molecule has 0 amide bonds. The van der Waals surface area contributed by atoms with E-state index in [9.17, 15) is 4.79 Å². The average Bonchev–Trinajstić information content (AvgIpc) is 3.33. The number of esters is 1. The van der Waals surface area contributed by atoms with Crippen LogP contribution >= 0.6 is 0 Å². The topological polar surface area (TPSA) is 101 Å². The highest BCUT2D eigenvalue weighted by molar-refractivity contribution is 6.02. The molecule has 0 saturated carbocycles. The molecule has 0 aliphatic rings. The molecule has 3 aromatic heterocycles. The van der Waals surface area contributed by atoms with Crippen LogP contribution in [0.25, 0.3) is 16.7 Å². The Morgan fingerprint density at radius 2 is 2.00 bits per heavy atom. The van der Waals surface area contributed by atoms with Gasteiger partial charge in [0.1, 0.15) is 0 Å². The van der Waals surface area contributed by atoms with E-state index < -0.39 is 5.97 Å². The SMILES string of the molecule is Cc1cc(C(=O)OCc2nnnn2-c2ccccc2)c2cnn(C(C)C)c2n1. The number of nitrogens with zero attached hydrogens (tertiary/aromatic N) is 7. The third kappa shape index (κ3) is 3.22. The third-order valence-corrected chi connectivity index (χ3v) is 4.27. The number of aromatic nitrogens is 7. The van der Waals surface area contributed by atoms with Gasteiger partial charge in [-0.05, 0) is 49.4 Å². The van der Waals surface area contributed by atoms with Crippen molar-refractivity contribution in [3.8, 4) is 5.69 Å². The Bertz CT molecular complexity index is 1130. The third-order valence-electron chi connectivity index (χ3n) is 4.27. The first-order valence-corrected chi connectivity index (χ1v) is 8.89. The fraction of sp³-hybridized carbons (Fsp3) is 0.263. The number of fused-ring (bicyclic) bond motifs is 1. The number of aryl methyl sites for hydroxylation is 1. The van der Waals surface area contributed by atoms with Crippen LogP contribution in [0.3, 0.4) is 0 Å². The zero-order chi connectivity index (χ0) is 19.7. The first-order valence-electron chi connectivity index (χ1n) is 8.89. The number of hydrogen-bond acceptors (Lipinski definition) is 7. The van der Waals surface area contributed by atoms with Gasteiger partial charge in [0.05, 0.1) is 22.8 Å². The number of tetrazole rings is 1. The minimum Gasteiger partial charge on any atom is -0.454 e. The van der Waals surface area contributed by atoms with Gasteiger partial charge in [0.15, 0.2) is 18.1 Å². The van der Waals surface area contributed by atoms with Gasteiger partial charge in [0.25, 0.3) is 0 Å². The molecule has 0 fully saturated rings. The van der Waals surface area contributed by atoms with Gasteiger partial charge in [-0.3, -0.25) is 0 Å². The van der Waals surface area contributed by atoms with Crippen molar-refractivity contribution in [1.29, 1.82) is 0 Å². The molecule has 0 atom stereocenters. The predicted octanol–water partition coefficient (Wildman–Crippen LogP) is 2.65. The van der Waals surface area contributed by atoms with Gasteiger partial charge in [-0.15, -0.1) is 5.10 Å². The van der Waals surface area contributed by atoms with Gasteiger partial charge < -0.3 is 4.74 Å². The van der Waals surface area contributed by atoms with E-state index >= 15 is 0 Å². The highest BCUT2D eigenvalue weighted by Gasteiger charge is 2.19. The smallest absolute Gasteiger partial charge is 0.339 e. The Labute approximate surface area is 161 Å². The summed E-state index contributed by atoms with van der Waals surface area (Å²) in [7, 11) is 0. The summed E-state index contributed by atoms with van der Waals surface area (Å²) in [5.41, 5.74) is 2.60. The molecule has 9 heteroatoms. The number of carbonyl (C=O) groups excluding carboxylic acids is 1. The number of hydrogen-bond donors (Lipinski definition) is 0. The predicted molar refractivity (Wildman–Crippen MR) is 101 cm³/mol. The van der Waals surface area contributed by atoms with Crippen molar-refractivity contribution in [3.05, 3.63) is 59.7 Å². The van der Waals surface area contributed by atoms with Crippen LogP contribution in [0.4, 0.5) is 0 Å². The van der Waals surface area contributed by atoms with E-state index in [1.807, 2.05) is 51.1 Å². The minimum absolute atomic E-state index is 0.0537. The summed E-state index contributed by atoms with van der Waals surface area (Å²) >= 11 is 0. The van der Waals surface area contributed by atoms with Crippen LogP contribution in [0.1, 0.15) is 41.8 Å². The lowest BCUT2D eigenvalue weighted by molar-refractivity contribution is 0.0461. The lowest BCUT2D eigenvalue weighted by Crippen LogP contribution is -2.11. The van der Waals surface area contributed by atoms with Gasteiger partial charge in [0, 0.05) is 11.7 Å². The summed E-state index contributed by atoms with van der Waals surface area (Å²) in [6.45, 7) is 5.81. The molecule has 0 bridgehead atoms. The van der Waals surface area contributed by atoms with Gasteiger partial charge in [0.2, 0.25) is 0 Å². The molecular weight excluding hydrogens is 358 g/mol. The largest absolute Gasteiger partial charge is 0.454 e. The van der Waals surface area contributed by atoms with Crippen LogP contribution < -0.4 is 0 Å². The zero-order valence-electron chi connectivity index (χ0n) is 15.8. The highest BCUT2D eigenvalue weighted by atomic mass is 16.5. The fourth-order valence-corrected chi connectivity index (χ4v) is 2.96. The van der Waals surface area contributed by atoms with E-state index in [4.69, 9.17) is 4.74 Å². The van der Waals surface area contributed by atoms with Gasteiger partial charge in [-0.25, -0.2) is 14.5 Å². The van der Waals surface area contributed by atoms with Crippen LogP contribution in [0.5, 0.6) is 0 Å². The quantitative estimate of drug-likeness (QED) is 0.493. The molecule has 0 radical (unpaired) electrons. The second kappa shape index (κ2) is 7.18. The molecule has 0 spiro atoms. The maximum Gasteiger partial charge on any atom is 0.339 e. The Balaban J connectivity index is 1.60. The highest BCUT2D eigenvalue weighted by Crippen LogP contribution is 2.22. The Morgan fingerprint density at radius 3 is 2.75 bits per heavy atom. The summed E-state index contributed by atoms with van der Waals surface area (Å²) < 4.78 is 8.83. The van der Waals surface area contributed by atoms with Crippen LogP contribution in [-0.2, 0) is 11.3 Å². The Hall–Kier alpha value is -3.62. The van der Waals surface area contributed by atoms with Gasteiger partial charge in [-0.2, -0.15) is 9.78 Å². The maximum atomic E-state index is 12.8. The van der Waals surface area contributed by atoms with Crippen molar-refractivity contribution in [2.75, 3.05) is 0 Å². The van der Waals surface area contributed by atoms with Crippen molar-refractivity contribution < 1.29 is 9.53 Å². The normalized spacial score (nSPS) is 11.3. The summed E-state index contributed by atoms with van der Waals surface area (Å²) in [5.74, 6) is -0.0409. The molecule has 4 rings (SSSR count). The van der Waals surface area contributed by atoms with E-state index in [-0.39, 0.29) is 12.6 Å². The number of ether oxygens (including phenoxy) is 1. The molecule has 0 N–H and O–H groups in total. The first-order chi connectivity index (χ1) is 13.5. The van der Waals surface area contributed by atoms with Crippen molar-refractivity contribution in [2.45, 2.75) is 33.4 Å². The summed E-state index contributed by atoms with van der Waals surface area (Å²) in [5, 5.41) is 16.6. The second-order valence-electron chi connectivity index (χ2n) is 6.65. The van der Waals surface area contributed by atoms with Crippen LogP contribution in [0.15, 0.2) is 42.6 Å². The molecule has 142 valence electrons. The second-order valence-corrected chi connectivity index (χ2v) is 6.65. The lowest BCUT2D eigenvalue weighted by Gasteiger charge is -2.09. The average molecular weight is 377 g/mol. The summed E-state index contributed by atoms with van der Waals surface area (Å²) in [6.07, 6.45) is 1.65. The van der Waals surface area contributed by atoms with Crippen molar-refractivity contribution in [2.24, 2.45) is 0 Å². The molecule has 28 heavy (non-hydrogen) atoms. The molecule has 4 aromatic rings. The maximum absolute atomic E-state index is 12.8. The molecular formula is C19H19N7O2. The number of benzene rings is 1. The van der Waals surface area contributed by atoms with E-state index in [1.165, 1.54) is 4.68 Å². The standard InChI is InChI=1S/C19H19N7O2/c1-12(2)25-18-16(10-20-25)15(9-13(3)21-18)19(27)28-11-17-22-23-24-26(17)14-7-5-4-6-8-14/h4-10,12H,11H2,1-3H3. The van der Waals surface area contributed by atoms with Crippen LogP contribution in [-0.4, -0.2) is 40.9 Å². The molecule has 0 unspecified atom stereocenters. The molecule has 3 heterocycles. The lowest BCUT2D eigenvalue weighted by atomic mass is 10.1. The molecule has 0 saturated heterocycles. The van der Waals surface area contributed by atoms with E-state index in [0.29, 0.717) is 22.4 Å². The number of para-hydroxylation sites is 1. The van der Waals surface area contributed by atoms with Gasteiger partial charge >= 0.3 is 5.97 Å². The monoisotopic (exact) mass is 377 g/mol. The molecule has 1 aromatic carbocycles. The van der Waals surface area contributed by atoms with Gasteiger partial charge in [-0.1, -0.05) is 18.2 Å². The van der Waals surface area contributed by atoms with Crippen molar-refractivity contribution >= 4 is 17.0 Å². The number of pyridine rings is 1. The summed E-state index contributed by atoms with van der Waals surface area (Å²) in [4.78, 5) is 17.3. The number of rotatable bonds is 5. The zero-order valence-corrected chi connectivity index (χ0v) is 15.8. The van der Waals surface area contributed by atoms with E-state index in [2.05, 4.69) is 25.6 Å². The molecule has 9 nitrogen and oxygen atoms in total. The molecule has 0 aliphatic heterocycles. The van der Waals surface area contributed by atoms with Crippen LogP contribution in [0, 0.1) is 6.92 Å². The molecule has 0 aliphatic carbocycles. The Kier molecular flexibility index (Phi) is 4.56. The van der Waals surface area contributed by atoms with Crippen molar-refractivity contribution in [1.82, 2.24) is 35.0 Å². The summed E-state index contributed by atoms with van der Waals surface area (Å²) in [6, 6.07) is 11.3. The Morgan fingerprint density at radius 1 is 1.21 bits per heavy atom. The van der Waals surface area contributed by atoms with E-state index in [0.717, 1.165) is 11.4 Å². The van der Waals surface area contributed by atoms with Crippen molar-refractivity contribution in [3.63, 3.8) is 0 Å². The fourth-order valence-electron chi connectivity index (χ4n) is 2.96. The first kappa shape index (κ1) is 17.8.